The summed E-state index contributed by atoms with van der Waals surface area (Å²) in [5.74, 6) is 1.23. The van der Waals surface area contributed by atoms with Crippen LogP contribution in [0.3, 0.4) is 0 Å². The van der Waals surface area contributed by atoms with Crippen molar-refractivity contribution < 1.29 is 9.53 Å². The molecular formula is C22H27BrN2O2. The number of carbonyl (C=O) groups is 1. The number of hydrazone groups is 1. The normalized spacial score (nSPS) is 11.4. The van der Waals surface area contributed by atoms with Crippen LogP contribution >= 0.6 is 15.9 Å². The molecule has 0 saturated heterocycles. The topological polar surface area (TPSA) is 50.7 Å². The average molecular weight is 431 g/mol. The molecule has 2 aromatic carbocycles. The molecule has 4 nitrogen and oxygen atoms in total. The molecule has 0 atom stereocenters. The van der Waals surface area contributed by atoms with Crippen molar-refractivity contribution in [2.24, 2.45) is 5.10 Å². The number of carbonyl (C=O) groups excluding carboxylic acids is 1. The molecule has 0 aliphatic rings. The number of hydrogen-bond acceptors (Lipinski definition) is 3. The summed E-state index contributed by atoms with van der Waals surface area (Å²) < 4.78 is 6.77. The number of nitrogens with zero attached hydrogens (tertiary/aromatic N) is 1. The zero-order chi connectivity index (χ0) is 20.0. The van der Waals surface area contributed by atoms with Gasteiger partial charge in [-0.15, -0.1) is 0 Å². The van der Waals surface area contributed by atoms with E-state index in [1.807, 2.05) is 31.2 Å². The molecule has 0 aliphatic carbocycles. The van der Waals surface area contributed by atoms with Gasteiger partial charge in [0.15, 0.2) is 6.61 Å². The molecule has 1 N–H and O–H groups in total. The quantitative estimate of drug-likeness (QED) is 0.463. The highest BCUT2D eigenvalue weighted by atomic mass is 79.9. The van der Waals surface area contributed by atoms with E-state index in [2.05, 4.69) is 66.3 Å². The first-order valence-electron chi connectivity index (χ1n) is 9.12. The number of benzene rings is 2. The largest absolute Gasteiger partial charge is 0.483 e. The maximum absolute atomic E-state index is 12.0. The van der Waals surface area contributed by atoms with Crippen molar-refractivity contribution in [1.29, 1.82) is 0 Å². The Morgan fingerprint density at radius 2 is 1.81 bits per heavy atom. The van der Waals surface area contributed by atoms with Crippen molar-refractivity contribution in [1.82, 2.24) is 5.43 Å². The van der Waals surface area contributed by atoms with Gasteiger partial charge >= 0.3 is 0 Å². The lowest BCUT2D eigenvalue weighted by molar-refractivity contribution is -0.123. The third-order valence-corrected chi connectivity index (χ3v) is 5.13. The number of ether oxygens (including phenoxy) is 1. The standard InChI is InChI=1S/C22H27BrN2O2/c1-14(2)18-8-6-17(7-9-18)12-24-25-22(26)13-27-21-10-16(5)20(23)11-19(21)15(3)4/h6-12,14-15H,13H2,1-5H3,(H,25,26)/b24-12+. The van der Waals surface area contributed by atoms with Crippen LogP contribution in [0.2, 0.25) is 0 Å². The Labute approximate surface area is 170 Å². The average Bonchev–Trinajstić information content (AvgIpc) is 2.62. The van der Waals surface area contributed by atoms with E-state index in [1.165, 1.54) is 5.56 Å². The minimum atomic E-state index is -0.291. The lowest BCUT2D eigenvalue weighted by atomic mass is 10.0. The van der Waals surface area contributed by atoms with Gasteiger partial charge in [-0.25, -0.2) is 5.43 Å². The summed E-state index contributed by atoms with van der Waals surface area (Å²) >= 11 is 3.54. The Morgan fingerprint density at radius 3 is 2.41 bits per heavy atom. The number of nitrogens with one attached hydrogen (secondary N) is 1. The molecule has 0 saturated carbocycles. The number of halogens is 1. The van der Waals surface area contributed by atoms with Crippen molar-refractivity contribution in [3.8, 4) is 5.75 Å². The van der Waals surface area contributed by atoms with Crippen LogP contribution in [0.1, 0.15) is 61.8 Å². The zero-order valence-electron chi connectivity index (χ0n) is 16.5. The predicted octanol–water partition coefficient (Wildman–Crippen LogP) is 5.53. The molecule has 2 rings (SSSR count). The highest BCUT2D eigenvalue weighted by molar-refractivity contribution is 9.10. The highest BCUT2D eigenvalue weighted by Crippen LogP contribution is 2.32. The molecular weight excluding hydrogens is 404 g/mol. The van der Waals surface area contributed by atoms with Crippen molar-refractivity contribution in [3.63, 3.8) is 0 Å². The van der Waals surface area contributed by atoms with Crippen LogP contribution < -0.4 is 10.2 Å². The molecule has 0 spiro atoms. The van der Waals surface area contributed by atoms with Gasteiger partial charge in [0.2, 0.25) is 0 Å². The van der Waals surface area contributed by atoms with Crippen LogP contribution in [-0.2, 0) is 4.79 Å². The van der Waals surface area contributed by atoms with Gasteiger partial charge in [0, 0.05) is 4.47 Å². The summed E-state index contributed by atoms with van der Waals surface area (Å²) in [6.07, 6.45) is 1.63. The Balaban J connectivity index is 1.92. The Hall–Kier alpha value is -2.14. The summed E-state index contributed by atoms with van der Waals surface area (Å²) in [6, 6.07) is 12.1. The predicted molar refractivity (Wildman–Crippen MR) is 115 cm³/mol. The second-order valence-corrected chi connectivity index (χ2v) is 8.05. The summed E-state index contributed by atoms with van der Waals surface area (Å²) in [6.45, 7) is 10.4. The van der Waals surface area contributed by atoms with Crippen LogP contribution in [0.5, 0.6) is 5.75 Å². The van der Waals surface area contributed by atoms with Crippen molar-refractivity contribution in [2.75, 3.05) is 6.61 Å². The van der Waals surface area contributed by atoms with Crippen LogP contribution in [0.15, 0.2) is 46.0 Å². The van der Waals surface area contributed by atoms with E-state index in [0.29, 0.717) is 11.8 Å². The molecule has 5 heteroatoms. The molecule has 0 fully saturated rings. The van der Waals surface area contributed by atoms with E-state index in [0.717, 1.165) is 26.9 Å². The summed E-state index contributed by atoms with van der Waals surface area (Å²) in [4.78, 5) is 12.0. The second-order valence-electron chi connectivity index (χ2n) is 7.20. The number of amides is 1. The van der Waals surface area contributed by atoms with Crippen molar-refractivity contribution in [3.05, 3.63) is 63.1 Å². The SMILES string of the molecule is Cc1cc(OCC(=O)N/N=C/c2ccc(C(C)C)cc2)c(C(C)C)cc1Br. The monoisotopic (exact) mass is 430 g/mol. The molecule has 0 aromatic heterocycles. The van der Waals surface area contributed by atoms with Gasteiger partial charge in [0.05, 0.1) is 6.21 Å². The third-order valence-electron chi connectivity index (χ3n) is 4.28. The Morgan fingerprint density at radius 1 is 1.15 bits per heavy atom. The van der Waals surface area contributed by atoms with Gasteiger partial charge in [-0.1, -0.05) is 67.9 Å². The summed E-state index contributed by atoms with van der Waals surface area (Å²) in [7, 11) is 0. The van der Waals surface area contributed by atoms with E-state index in [4.69, 9.17) is 4.74 Å². The molecule has 1 amide bonds. The maximum Gasteiger partial charge on any atom is 0.277 e. The zero-order valence-corrected chi connectivity index (χ0v) is 18.1. The van der Waals surface area contributed by atoms with Crippen molar-refractivity contribution in [2.45, 2.75) is 46.5 Å². The lowest BCUT2D eigenvalue weighted by Gasteiger charge is -2.15. The Kier molecular flexibility index (Phi) is 7.60. The van der Waals surface area contributed by atoms with Crippen LogP contribution in [0, 0.1) is 6.92 Å². The van der Waals surface area contributed by atoms with Crippen molar-refractivity contribution >= 4 is 28.1 Å². The number of rotatable bonds is 7. The molecule has 2 aromatic rings. The van der Waals surface area contributed by atoms with Gasteiger partial charge in [0.25, 0.3) is 5.91 Å². The summed E-state index contributed by atoms with van der Waals surface area (Å²) in [5, 5.41) is 4.01. The van der Waals surface area contributed by atoms with Gasteiger partial charge in [-0.05, 0) is 53.1 Å². The number of hydrogen-bond donors (Lipinski definition) is 1. The highest BCUT2D eigenvalue weighted by Gasteiger charge is 2.12. The molecule has 0 unspecified atom stereocenters. The fourth-order valence-electron chi connectivity index (χ4n) is 2.57. The fraction of sp³-hybridized carbons (Fsp3) is 0.364. The van der Waals surface area contributed by atoms with Gasteiger partial charge in [0.1, 0.15) is 5.75 Å². The minimum Gasteiger partial charge on any atom is -0.483 e. The van der Waals surface area contributed by atoms with E-state index in [-0.39, 0.29) is 12.5 Å². The van der Waals surface area contributed by atoms with Gasteiger partial charge < -0.3 is 4.74 Å². The lowest BCUT2D eigenvalue weighted by Crippen LogP contribution is -2.25. The Bertz CT molecular complexity index is 812. The third kappa shape index (κ3) is 6.21. The molecule has 0 bridgehead atoms. The number of aryl methyl sites for hydroxylation is 1. The second kappa shape index (κ2) is 9.70. The van der Waals surface area contributed by atoms with E-state index >= 15 is 0 Å². The first-order chi connectivity index (χ1) is 12.8. The first-order valence-corrected chi connectivity index (χ1v) is 9.92. The van der Waals surface area contributed by atoms with Gasteiger partial charge in [-0.2, -0.15) is 5.10 Å². The van der Waals surface area contributed by atoms with E-state index in [1.54, 1.807) is 6.21 Å². The maximum atomic E-state index is 12.0. The molecule has 0 aliphatic heterocycles. The molecule has 0 radical (unpaired) electrons. The summed E-state index contributed by atoms with van der Waals surface area (Å²) in [5.41, 5.74) is 6.85. The van der Waals surface area contributed by atoms with Crippen LogP contribution in [-0.4, -0.2) is 18.7 Å². The van der Waals surface area contributed by atoms with Gasteiger partial charge in [-0.3, -0.25) is 4.79 Å². The van der Waals surface area contributed by atoms with Crippen LogP contribution in [0.4, 0.5) is 0 Å². The smallest absolute Gasteiger partial charge is 0.277 e. The van der Waals surface area contributed by atoms with Crippen LogP contribution in [0.25, 0.3) is 0 Å². The minimum absolute atomic E-state index is 0.0789. The first kappa shape index (κ1) is 21.2. The molecule has 27 heavy (non-hydrogen) atoms. The molecule has 144 valence electrons. The van der Waals surface area contributed by atoms with E-state index < -0.39 is 0 Å². The fourth-order valence-corrected chi connectivity index (χ4v) is 2.93. The molecule has 0 heterocycles. The van der Waals surface area contributed by atoms with E-state index in [9.17, 15) is 4.79 Å².